The zero-order chi connectivity index (χ0) is 17.6. The van der Waals surface area contributed by atoms with Gasteiger partial charge in [0, 0.05) is 38.6 Å². The lowest BCUT2D eigenvalue weighted by atomic mass is 10.1. The van der Waals surface area contributed by atoms with E-state index < -0.39 is 11.7 Å². The third-order valence-electron chi connectivity index (χ3n) is 3.65. The molecule has 0 unspecified atom stereocenters. The molecule has 0 spiro atoms. The van der Waals surface area contributed by atoms with E-state index in [0.29, 0.717) is 18.7 Å². The Morgan fingerprint density at radius 1 is 0.958 bits per heavy atom. The van der Waals surface area contributed by atoms with Crippen LogP contribution in [0.2, 0.25) is 0 Å². The molecule has 0 fully saturated rings. The van der Waals surface area contributed by atoms with E-state index in [9.17, 15) is 13.2 Å². The molecule has 3 nitrogen and oxygen atoms in total. The Hall–Kier alpha value is -1.92. The van der Waals surface area contributed by atoms with Crippen molar-refractivity contribution in [1.29, 1.82) is 0 Å². The second kappa shape index (κ2) is 8.26. The molecule has 0 aliphatic carbocycles. The van der Waals surface area contributed by atoms with Gasteiger partial charge in [0.2, 0.25) is 0 Å². The van der Waals surface area contributed by atoms with Crippen LogP contribution >= 0.6 is 0 Å². The third kappa shape index (κ3) is 5.94. The molecule has 0 radical (unpaired) electrons. The number of likely N-dealkylation sites (N-methyl/N-ethyl adjacent to an activating group) is 1. The summed E-state index contributed by atoms with van der Waals surface area (Å²) in [5.74, 6) is 0. The molecule has 2 rings (SSSR count). The molecule has 6 heteroatoms. The second-order valence-corrected chi connectivity index (χ2v) is 6.07. The van der Waals surface area contributed by atoms with Crippen LogP contribution in [-0.4, -0.2) is 42.0 Å². The van der Waals surface area contributed by atoms with Gasteiger partial charge in [-0.3, -0.25) is 9.88 Å². The highest BCUT2D eigenvalue weighted by atomic mass is 19.4. The number of halogens is 3. The van der Waals surface area contributed by atoms with E-state index in [4.69, 9.17) is 0 Å². The molecule has 0 aliphatic rings. The molecule has 0 N–H and O–H groups in total. The van der Waals surface area contributed by atoms with Gasteiger partial charge in [0.1, 0.15) is 0 Å². The van der Waals surface area contributed by atoms with Gasteiger partial charge in [0.15, 0.2) is 0 Å². The summed E-state index contributed by atoms with van der Waals surface area (Å²) in [4.78, 5) is 8.29. The van der Waals surface area contributed by atoms with Crippen LogP contribution in [-0.2, 0) is 19.3 Å². The van der Waals surface area contributed by atoms with Crippen molar-refractivity contribution in [2.45, 2.75) is 19.3 Å². The molecule has 24 heavy (non-hydrogen) atoms. The number of benzene rings is 1. The van der Waals surface area contributed by atoms with Gasteiger partial charge < -0.3 is 4.90 Å². The second-order valence-electron chi connectivity index (χ2n) is 6.07. The van der Waals surface area contributed by atoms with E-state index >= 15 is 0 Å². The maximum atomic E-state index is 12.9. The van der Waals surface area contributed by atoms with Crippen molar-refractivity contribution in [3.05, 3.63) is 65.5 Å². The van der Waals surface area contributed by atoms with Crippen LogP contribution in [0.25, 0.3) is 0 Å². The average Bonchev–Trinajstić information content (AvgIpc) is 2.53. The predicted octanol–water partition coefficient (Wildman–Crippen LogP) is 3.66. The molecular weight excluding hydrogens is 315 g/mol. The molecule has 130 valence electrons. The van der Waals surface area contributed by atoms with E-state index in [1.165, 1.54) is 12.1 Å². The maximum Gasteiger partial charge on any atom is 0.416 e. The topological polar surface area (TPSA) is 19.4 Å². The number of hydrogen-bond donors (Lipinski definition) is 0. The smallest absolute Gasteiger partial charge is 0.308 e. The molecule has 0 amide bonds. The number of nitrogens with zero attached hydrogens (tertiary/aromatic N) is 3. The van der Waals surface area contributed by atoms with Crippen LogP contribution in [0, 0.1) is 0 Å². The average molecular weight is 337 g/mol. The van der Waals surface area contributed by atoms with Gasteiger partial charge in [-0.25, -0.2) is 0 Å². The zero-order valence-corrected chi connectivity index (χ0v) is 13.9. The first-order valence-corrected chi connectivity index (χ1v) is 7.77. The van der Waals surface area contributed by atoms with E-state index in [0.717, 1.165) is 24.7 Å². The Balaban J connectivity index is 2.12. The lowest BCUT2D eigenvalue weighted by molar-refractivity contribution is -0.137. The van der Waals surface area contributed by atoms with E-state index in [1.54, 1.807) is 18.5 Å². The first kappa shape index (κ1) is 18.4. The van der Waals surface area contributed by atoms with Crippen molar-refractivity contribution in [1.82, 2.24) is 14.8 Å². The molecule has 1 heterocycles. The monoisotopic (exact) mass is 337 g/mol. The highest BCUT2D eigenvalue weighted by Gasteiger charge is 2.30. The van der Waals surface area contributed by atoms with Crippen molar-refractivity contribution in [3.63, 3.8) is 0 Å². The van der Waals surface area contributed by atoms with Gasteiger partial charge in [0.25, 0.3) is 0 Å². The summed E-state index contributed by atoms with van der Waals surface area (Å²) in [7, 11) is 3.96. The van der Waals surface area contributed by atoms with Crippen LogP contribution in [0.15, 0.2) is 48.8 Å². The van der Waals surface area contributed by atoms with Gasteiger partial charge in [-0.2, -0.15) is 13.2 Å². The number of aromatic nitrogens is 1. The van der Waals surface area contributed by atoms with Crippen molar-refractivity contribution in [2.75, 3.05) is 27.2 Å². The first-order valence-electron chi connectivity index (χ1n) is 7.77. The van der Waals surface area contributed by atoms with Crippen LogP contribution in [0.4, 0.5) is 13.2 Å². The highest BCUT2D eigenvalue weighted by molar-refractivity contribution is 5.25. The lowest BCUT2D eigenvalue weighted by Crippen LogP contribution is -2.31. The standard InChI is InChI=1S/C18H22F3N3/c1-23(2)9-10-24(14-16-6-4-8-22-12-16)13-15-5-3-7-17(11-15)18(19,20)21/h3-8,11-12H,9-10,13-14H2,1-2H3. The molecule has 1 aromatic carbocycles. The molecule has 0 aliphatic heterocycles. The fourth-order valence-electron chi connectivity index (χ4n) is 2.41. The Morgan fingerprint density at radius 3 is 2.29 bits per heavy atom. The number of rotatable bonds is 7. The summed E-state index contributed by atoms with van der Waals surface area (Å²) in [6, 6.07) is 9.37. The number of hydrogen-bond acceptors (Lipinski definition) is 3. The van der Waals surface area contributed by atoms with Crippen molar-refractivity contribution in [3.8, 4) is 0 Å². The summed E-state index contributed by atoms with van der Waals surface area (Å²) < 4.78 is 38.6. The van der Waals surface area contributed by atoms with Crippen LogP contribution in [0.3, 0.4) is 0 Å². The Kier molecular flexibility index (Phi) is 6.34. The molecule has 1 aromatic heterocycles. The minimum Gasteiger partial charge on any atom is -0.308 e. The summed E-state index contributed by atoms with van der Waals surface area (Å²) >= 11 is 0. The molecule has 0 bridgehead atoms. The normalized spacial score (nSPS) is 12.1. The maximum absolute atomic E-state index is 12.9. The van der Waals surface area contributed by atoms with Gasteiger partial charge in [-0.15, -0.1) is 0 Å². The molecule has 0 saturated carbocycles. The minimum absolute atomic E-state index is 0.465. The van der Waals surface area contributed by atoms with E-state index in [1.807, 2.05) is 26.2 Å². The third-order valence-corrected chi connectivity index (χ3v) is 3.65. The molecule has 0 saturated heterocycles. The quantitative estimate of drug-likeness (QED) is 0.769. The van der Waals surface area contributed by atoms with Crippen molar-refractivity contribution >= 4 is 0 Å². The fourth-order valence-corrected chi connectivity index (χ4v) is 2.41. The van der Waals surface area contributed by atoms with Gasteiger partial charge >= 0.3 is 6.18 Å². The van der Waals surface area contributed by atoms with Gasteiger partial charge in [-0.05, 0) is 37.4 Å². The number of pyridine rings is 1. The van der Waals surface area contributed by atoms with Crippen molar-refractivity contribution in [2.24, 2.45) is 0 Å². The van der Waals surface area contributed by atoms with E-state index in [-0.39, 0.29) is 0 Å². The van der Waals surface area contributed by atoms with Gasteiger partial charge in [0.05, 0.1) is 5.56 Å². The van der Waals surface area contributed by atoms with E-state index in [2.05, 4.69) is 14.8 Å². The minimum atomic E-state index is -4.31. The molecule has 0 atom stereocenters. The van der Waals surface area contributed by atoms with Gasteiger partial charge in [-0.1, -0.05) is 24.3 Å². The SMILES string of the molecule is CN(C)CCN(Cc1cccnc1)Cc1cccc(C(F)(F)F)c1. The zero-order valence-electron chi connectivity index (χ0n) is 13.9. The fraction of sp³-hybridized carbons (Fsp3) is 0.389. The summed E-state index contributed by atoms with van der Waals surface area (Å²) in [5, 5.41) is 0. The summed E-state index contributed by atoms with van der Waals surface area (Å²) in [5.41, 5.74) is 1.10. The molecular formula is C18H22F3N3. The largest absolute Gasteiger partial charge is 0.416 e. The highest BCUT2D eigenvalue weighted by Crippen LogP contribution is 2.29. The molecule has 2 aromatic rings. The Bertz CT molecular complexity index is 627. The lowest BCUT2D eigenvalue weighted by Gasteiger charge is -2.24. The Morgan fingerprint density at radius 2 is 1.67 bits per heavy atom. The summed E-state index contributed by atoms with van der Waals surface area (Å²) in [6.45, 7) is 2.71. The van der Waals surface area contributed by atoms with Crippen LogP contribution in [0.1, 0.15) is 16.7 Å². The summed E-state index contributed by atoms with van der Waals surface area (Å²) in [6.07, 6.45) is -0.816. The Labute approximate surface area is 140 Å². The van der Waals surface area contributed by atoms with Crippen LogP contribution in [0.5, 0.6) is 0 Å². The number of alkyl halides is 3. The predicted molar refractivity (Wildman–Crippen MR) is 88.3 cm³/mol. The van der Waals surface area contributed by atoms with Crippen LogP contribution < -0.4 is 0 Å². The van der Waals surface area contributed by atoms with Crippen molar-refractivity contribution < 1.29 is 13.2 Å². The first-order chi connectivity index (χ1) is 11.3.